The second-order valence-corrected chi connectivity index (χ2v) is 5.37. The molecule has 0 unspecified atom stereocenters. The van der Waals surface area contributed by atoms with Crippen LogP contribution in [0.1, 0.15) is 18.9 Å². The number of benzene rings is 1. The second-order valence-electron chi connectivity index (χ2n) is 3.69. The fraction of sp³-hybridized carbons (Fsp3) is 0.364. The van der Waals surface area contributed by atoms with Crippen LogP contribution in [0.25, 0.3) is 0 Å². The third-order valence-corrected chi connectivity index (χ3v) is 4.02. The number of nitrogens with one attached hydrogen (secondary N) is 1. The first-order valence-corrected chi connectivity index (χ1v) is 6.67. The number of aliphatic carboxylic acids is 1. The zero-order valence-electron chi connectivity index (χ0n) is 9.67. The summed E-state index contributed by atoms with van der Waals surface area (Å²) in [6.07, 6.45) is 0.195. The maximum atomic E-state index is 12.0. The molecular weight excluding hydrogens is 242 g/mol. The van der Waals surface area contributed by atoms with E-state index in [1.165, 1.54) is 6.07 Å². The number of hydrogen-bond donors (Lipinski definition) is 2. The van der Waals surface area contributed by atoms with Crippen molar-refractivity contribution in [3.05, 3.63) is 29.8 Å². The summed E-state index contributed by atoms with van der Waals surface area (Å²) in [5.74, 6) is -1.18. The first-order valence-electron chi connectivity index (χ1n) is 5.19. The highest BCUT2D eigenvalue weighted by atomic mass is 32.2. The van der Waals surface area contributed by atoms with E-state index in [4.69, 9.17) is 5.11 Å². The molecule has 17 heavy (non-hydrogen) atoms. The highest BCUT2D eigenvalue weighted by molar-refractivity contribution is 7.89. The van der Waals surface area contributed by atoms with Crippen molar-refractivity contribution in [2.75, 3.05) is 0 Å². The molecule has 5 nitrogen and oxygen atoms in total. The fourth-order valence-electron chi connectivity index (χ4n) is 1.42. The molecule has 0 spiro atoms. The summed E-state index contributed by atoms with van der Waals surface area (Å²) in [5, 5.41) is 8.83. The van der Waals surface area contributed by atoms with Crippen LogP contribution in [0.15, 0.2) is 29.2 Å². The van der Waals surface area contributed by atoms with Gasteiger partial charge in [0.1, 0.15) is 6.04 Å². The normalized spacial score (nSPS) is 13.3. The van der Waals surface area contributed by atoms with Crippen molar-refractivity contribution in [1.82, 2.24) is 4.72 Å². The first-order chi connectivity index (χ1) is 7.88. The third-order valence-electron chi connectivity index (χ3n) is 2.39. The summed E-state index contributed by atoms with van der Waals surface area (Å²) in [4.78, 5) is 10.9. The molecule has 0 saturated heterocycles. The predicted octanol–water partition coefficient (Wildman–Crippen LogP) is 1.14. The Morgan fingerprint density at radius 2 is 2.00 bits per heavy atom. The minimum atomic E-state index is -3.78. The van der Waals surface area contributed by atoms with E-state index in [9.17, 15) is 13.2 Å². The van der Waals surface area contributed by atoms with E-state index in [0.29, 0.717) is 5.56 Å². The van der Waals surface area contributed by atoms with E-state index >= 15 is 0 Å². The van der Waals surface area contributed by atoms with Crippen LogP contribution in [0.5, 0.6) is 0 Å². The summed E-state index contributed by atoms with van der Waals surface area (Å²) in [7, 11) is -3.78. The van der Waals surface area contributed by atoms with Crippen LogP contribution in [-0.4, -0.2) is 25.5 Å². The van der Waals surface area contributed by atoms with Gasteiger partial charge in [0.2, 0.25) is 10.0 Å². The fourth-order valence-corrected chi connectivity index (χ4v) is 2.94. The minimum Gasteiger partial charge on any atom is -0.480 e. The lowest BCUT2D eigenvalue weighted by Gasteiger charge is -2.13. The largest absolute Gasteiger partial charge is 0.480 e. The molecule has 2 N–H and O–H groups in total. The number of sulfonamides is 1. The van der Waals surface area contributed by atoms with Crippen molar-refractivity contribution in [1.29, 1.82) is 0 Å². The minimum absolute atomic E-state index is 0.111. The number of rotatable bonds is 5. The molecule has 1 aromatic rings. The Hall–Kier alpha value is -1.40. The molecule has 0 bridgehead atoms. The maximum Gasteiger partial charge on any atom is 0.321 e. The Morgan fingerprint density at radius 1 is 1.41 bits per heavy atom. The molecule has 0 radical (unpaired) electrons. The molecule has 1 rings (SSSR count). The lowest BCUT2D eigenvalue weighted by molar-refractivity contribution is -0.139. The first kappa shape index (κ1) is 13.7. The van der Waals surface area contributed by atoms with Crippen LogP contribution in [0.2, 0.25) is 0 Å². The SMILES string of the molecule is CC[C@@H](NS(=O)(=O)c1ccccc1C)C(=O)O. The van der Waals surface area contributed by atoms with Crippen LogP contribution in [-0.2, 0) is 14.8 Å². The number of carboxylic acids is 1. The topological polar surface area (TPSA) is 83.5 Å². The lowest BCUT2D eigenvalue weighted by Crippen LogP contribution is -2.40. The van der Waals surface area contributed by atoms with E-state index in [-0.39, 0.29) is 11.3 Å². The molecule has 94 valence electrons. The van der Waals surface area contributed by atoms with Gasteiger partial charge in [-0.25, -0.2) is 8.42 Å². The summed E-state index contributed by atoms with van der Waals surface area (Å²) < 4.78 is 26.1. The molecule has 0 aliphatic rings. The van der Waals surface area contributed by atoms with Gasteiger partial charge in [0.15, 0.2) is 0 Å². The maximum absolute atomic E-state index is 12.0. The highest BCUT2D eigenvalue weighted by Crippen LogP contribution is 2.14. The molecule has 0 saturated carbocycles. The van der Waals surface area contributed by atoms with Gasteiger partial charge in [0.25, 0.3) is 0 Å². The number of carbonyl (C=O) groups is 1. The van der Waals surface area contributed by atoms with Crippen LogP contribution in [0.3, 0.4) is 0 Å². The summed E-state index contributed by atoms with van der Waals surface area (Å²) in [5.41, 5.74) is 0.584. The van der Waals surface area contributed by atoms with Crippen molar-refractivity contribution < 1.29 is 18.3 Å². The van der Waals surface area contributed by atoms with Gasteiger partial charge in [0.05, 0.1) is 4.90 Å². The molecule has 0 amide bonds. The van der Waals surface area contributed by atoms with Gasteiger partial charge >= 0.3 is 5.97 Å². The average Bonchev–Trinajstić information content (AvgIpc) is 2.26. The second kappa shape index (κ2) is 5.29. The molecular formula is C11H15NO4S. The Labute approximate surface area is 101 Å². The van der Waals surface area contributed by atoms with Crippen LogP contribution < -0.4 is 4.72 Å². The smallest absolute Gasteiger partial charge is 0.321 e. The molecule has 0 fully saturated rings. The van der Waals surface area contributed by atoms with E-state index in [2.05, 4.69) is 4.72 Å². The lowest BCUT2D eigenvalue weighted by atomic mass is 10.2. The van der Waals surface area contributed by atoms with Crippen molar-refractivity contribution in [3.63, 3.8) is 0 Å². The van der Waals surface area contributed by atoms with Crippen molar-refractivity contribution in [3.8, 4) is 0 Å². The van der Waals surface area contributed by atoms with Gasteiger partial charge in [-0.15, -0.1) is 0 Å². The van der Waals surface area contributed by atoms with E-state index in [1.807, 2.05) is 0 Å². The molecule has 0 aliphatic heterocycles. The van der Waals surface area contributed by atoms with Crippen LogP contribution in [0, 0.1) is 6.92 Å². The van der Waals surface area contributed by atoms with E-state index < -0.39 is 22.0 Å². The predicted molar refractivity (Wildman–Crippen MR) is 63.2 cm³/mol. The van der Waals surface area contributed by atoms with Crippen LogP contribution >= 0.6 is 0 Å². The van der Waals surface area contributed by atoms with Crippen molar-refractivity contribution in [2.45, 2.75) is 31.2 Å². The molecule has 0 heterocycles. The zero-order chi connectivity index (χ0) is 13.1. The highest BCUT2D eigenvalue weighted by Gasteiger charge is 2.24. The Balaban J connectivity index is 3.05. The van der Waals surface area contributed by atoms with E-state index in [0.717, 1.165) is 0 Å². The summed E-state index contributed by atoms with van der Waals surface area (Å²) in [6, 6.07) is 5.34. The molecule has 0 aromatic heterocycles. The van der Waals surface area contributed by atoms with Gasteiger partial charge in [-0.3, -0.25) is 4.79 Å². The van der Waals surface area contributed by atoms with Gasteiger partial charge in [-0.1, -0.05) is 25.1 Å². The Morgan fingerprint density at radius 3 is 2.47 bits per heavy atom. The summed E-state index contributed by atoms with van der Waals surface area (Å²) in [6.45, 7) is 3.27. The quantitative estimate of drug-likeness (QED) is 0.828. The molecule has 0 aliphatic carbocycles. The van der Waals surface area contributed by atoms with Crippen molar-refractivity contribution >= 4 is 16.0 Å². The molecule has 6 heteroatoms. The van der Waals surface area contributed by atoms with Crippen LogP contribution in [0.4, 0.5) is 0 Å². The van der Waals surface area contributed by atoms with E-state index in [1.54, 1.807) is 32.0 Å². The number of carboxylic acid groups (broad SMARTS) is 1. The van der Waals surface area contributed by atoms with Gasteiger partial charge < -0.3 is 5.11 Å². The van der Waals surface area contributed by atoms with Gasteiger partial charge in [0, 0.05) is 0 Å². The third kappa shape index (κ3) is 3.28. The number of hydrogen-bond acceptors (Lipinski definition) is 3. The standard InChI is InChI=1S/C11H15NO4S/c1-3-9(11(13)14)12-17(15,16)10-7-5-4-6-8(10)2/h4-7,9,12H,3H2,1-2H3,(H,13,14)/t9-/m1/s1. The monoisotopic (exact) mass is 257 g/mol. The van der Waals surface area contributed by atoms with Gasteiger partial charge in [-0.2, -0.15) is 4.72 Å². The molecule has 1 aromatic carbocycles. The summed E-state index contributed by atoms with van der Waals surface area (Å²) >= 11 is 0. The Kier molecular flexibility index (Phi) is 4.25. The molecule has 1 atom stereocenters. The zero-order valence-corrected chi connectivity index (χ0v) is 10.5. The van der Waals surface area contributed by atoms with Crippen molar-refractivity contribution in [2.24, 2.45) is 0 Å². The van der Waals surface area contributed by atoms with Gasteiger partial charge in [-0.05, 0) is 25.0 Å². The average molecular weight is 257 g/mol. The number of aryl methyl sites for hydroxylation is 1. The Bertz CT molecular complexity index is 510.